The monoisotopic (exact) mass is 378 g/mol. The Morgan fingerprint density at radius 2 is 1.54 bits per heavy atom. The van der Waals surface area contributed by atoms with Crippen molar-refractivity contribution in [2.45, 2.75) is 44.2 Å². The van der Waals surface area contributed by atoms with Gasteiger partial charge in [0.1, 0.15) is 0 Å². The Kier molecular flexibility index (Phi) is 6.22. The van der Waals surface area contributed by atoms with Crippen molar-refractivity contribution in [2.24, 2.45) is 0 Å². The largest absolute Gasteiger partial charge is 0.327 e. The van der Waals surface area contributed by atoms with E-state index in [1.54, 1.807) is 12.4 Å². The SMILES string of the molecule is O=C(N[C@@H](c1ccccc1)c1ccncc1)N1CCN(C2CCCCC2)CC1. The second-order valence-electron chi connectivity index (χ2n) is 7.89. The van der Waals surface area contributed by atoms with E-state index < -0.39 is 0 Å². The summed E-state index contributed by atoms with van der Waals surface area (Å²) in [6.07, 6.45) is 10.3. The number of aromatic nitrogens is 1. The quantitative estimate of drug-likeness (QED) is 0.880. The molecular formula is C23H30N4O. The summed E-state index contributed by atoms with van der Waals surface area (Å²) in [5.74, 6) is 0. The number of nitrogens with zero attached hydrogens (tertiary/aromatic N) is 3. The highest BCUT2D eigenvalue weighted by Gasteiger charge is 2.28. The second-order valence-corrected chi connectivity index (χ2v) is 7.89. The molecule has 2 fully saturated rings. The lowest BCUT2D eigenvalue weighted by molar-refractivity contribution is 0.0900. The number of pyridine rings is 1. The summed E-state index contributed by atoms with van der Waals surface area (Å²) in [4.78, 5) is 21.7. The molecule has 1 aliphatic heterocycles. The number of carbonyl (C=O) groups excluding carboxylic acids is 1. The number of hydrogen-bond acceptors (Lipinski definition) is 3. The van der Waals surface area contributed by atoms with Crippen molar-refractivity contribution in [2.75, 3.05) is 26.2 Å². The maximum Gasteiger partial charge on any atom is 0.318 e. The Bertz CT molecular complexity index is 698. The van der Waals surface area contributed by atoms with Gasteiger partial charge in [-0.05, 0) is 36.1 Å². The minimum Gasteiger partial charge on any atom is -0.327 e. The molecule has 4 rings (SSSR count). The fraction of sp³-hybridized carbons (Fsp3) is 0.478. The van der Waals surface area contributed by atoms with Crippen LogP contribution >= 0.6 is 0 Å². The highest BCUT2D eigenvalue weighted by atomic mass is 16.2. The lowest BCUT2D eigenvalue weighted by Crippen LogP contribution is -2.54. The Labute approximate surface area is 167 Å². The maximum atomic E-state index is 13.0. The smallest absolute Gasteiger partial charge is 0.318 e. The van der Waals surface area contributed by atoms with Gasteiger partial charge in [-0.2, -0.15) is 0 Å². The van der Waals surface area contributed by atoms with Crippen molar-refractivity contribution in [3.8, 4) is 0 Å². The lowest BCUT2D eigenvalue weighted by atomic mass is 9.94. The Morgan fingerprint density at radius 1 is 0.893 bits per heavy atom. The Balaban J connectivity index is 1.40. The van der Waals surface area contributed by atoms with Gasteiger partial charge in [0.2, 0.25) is 0 Å². The summed E-state index contributed by atoms with van der Waals surface area (Å²) in [5, 5.41) is 3.25. The van der Waals surface area contributed by atoms with Crippen molar-refractivity contribution in [3.05, 3.63) is 66.0 Å². The second kappa shape index (κ2) is 9.20. The summed E-state index contributed by atoms with van der Waals surface area (Å²) >= 11 is 0. The molecule has 1 N–H and O–H groups in total. The van der Waals surface area contributed by atoms with Crippen molar-refractivity contribution >= 4 is 6.03 Å². The summed E-state index contributed by atoms with van der Waals surface area (Å²) < 4.78 is 0. The molecule has 1 saturated heterocycles. The van der Waals surface area contributed by atoms with Crippen molar-refractivity contribution in [3.63, 3.8) is 0 Å². The number of urea groups is 1. The zero-order valence-electron chi connectivity index (χ0n) is 16.5. The molecule has 0 radical (unpaired) electrons. The number of nitrogens with one attached hydrogen (secondary N) is 1. The minimum atomic E-state index is -0.159. The van der Waals surface area contributed by atoms with Gasteiger partial charge in [0.25, 0.3) is 0 Å². The standard InChI is InChI=1S/C23H30N4O/c28-23(27-17-15-26(16-18-27)21-9-5-2-6-10-21)25-22(19-7-3-1-4-8-19)20-11-13-24-14-12-20/h1,3-4,7-8,11-14,21-22H,2,5-6,9-10,15-18H2,(H,25,28)/t22-/m0/s1. The molecule has 1 aliphatic carbocycles. The van der Waals surface area contributed by atoms with Crippen LogP contribution < -0.4 is 5.32 Å². The first-order chi connectivity index (χ1) is 13.8. The maximum absolute atomic E-state index is 13.0. The molecule has 0 bridgehead atoms. The highest BCUT2D eigenvalue weighted by molar-refractivity contribution is 5.75. The first-order valence-corrected chi connectivity index (χ1v) is 10.6. The topological polar surface area (TPSA) is 48.5 Å². The van der Waals surface area contributed by atoms with Gasteiger partial charge in [-0.1, -0.05) is 49.6 Å². The van der Waals surface area contributed by atoms with E-state index in [9.17, 15) is 4.79 Å². The van der Waals surface area contributed by atoms with Crippen LogP contribution in [-0.4, -0.2) is 53.0 Å². The Morgan fingerprint density at radius 3 is 2.21 bits per heavy atom. The fourth-order valence-corrected chi connectivity index (χ4v) is 4.51. The minimum absolute atomic E-state index is 0.0222. The van der Waals surface area contributed by atoms with E-state index in [2.05, 4.69) is 27.3 Å². The van der Waals surface area contributed by atoms with Crippen LogP contribution in [0.5, 0.6) is 0 Å². The molecule has 0 unspecified atom stereocenters. The molecule has 1 atom stereocenters. The van der Waals surface area contributed by atoms with Gasteiger partial charge in [0.15, 0.2) is 0 Å². The third kappa shape index (κ3) is 4.53. The molecule has 28 heavy (non-hydrogen) atoms. The van der Waals surface area contributed by atoms with E-state index in [1.807, 2.05) is 35.2 Å². The van der Waals surface area contributed by atoms with Gasteiger partial charge < -0.3 is 10.2 Å². The van der Waals surface area contributed by atoms with Crippen LogP contribution in [0.1, 0.15) is 49.3 Å². The molecule has 148 valence electrons. The summed E-state index contributed by atoms with van der Waals surface area (Å²) in [6, 6.07) is 14.7. The van der Waals surface area contributed by atoms with E-state index >= 15 is 0 Å². The van der Waals surface area contributed by atoms with Crippen LogP contribution in [0.3, 0.4) is 0 Å². The molecule has 1 aromatic heterocycles. The number of amides is 2. The number of benzene rings is 1. The number of rotatable bonds is 4. The first kappa shape index (κ1) is 18.9. The van der Waals surface area contributed by atoms with Crippen LogP contribution in [0.15, 0.2) is 54.9 Å². The van der Waals surface area contributed by atoms with Crippen molar-refractivity contribution < 1.29 is 4.79 Å². The van der Waals surface area contributed by atoms with Crippen LogP contribution in [0, 0.1) is 0 Å². The van der Waals surface area contributed by atoms with Crippen LogP contribution in [0.25, 0.3) is 0 Å². The molecular weight excluding hydrogens is 348 g/mol. The van der Waals surface area contributed by atoms with E-state index in [1.165, 1.54) is 32.1 Å². The Hall–Kier alpha value is -2.40. The molecule has 5 heteroatoms. The van der Waals surface area contributed by atoms with Gasteiger partial charge in [-0.3, -0.25) is 9.88 Å². The molecule has 1 saturated carbocycles. The fourth-order valence-electron chi connectivity index (χ4n) is 4.51. The molecule has 2 amide bonds. The predicted octanol–water partition coefficient (Wildman–Crippen LogP) is 3.83. The van der Waals surface area contributed by atoms with Crippen molar-refractivity contribution in [1.82, 2.24) is 20.1 Å². The number of piperazine rings is 1. The van der Waals surface area contributed by atoms with Gasteiger partial charge in [0.05, 0.1) is 6.04 Å². The summed E-state index contributed by atoms with van der Waals surface area (Å²) in [7, 11) is 0. The third-order valence-electron chi connectivity index (χ3n) is 6.13. The van der Waals surface area contributed by atoms with Crippen LogP contribution in [0.2, 0.25) is 0 Å². The zero-order chi connectivity index (χ0) is 19.2. The van der Waals surface area contributed by atoms with E-state index in [0.717, 1.165) is 43.3 Å². The van der Waals surface area contributed by atoms with Crippen LogP contribution in [0.4, 0.5) is 4.79 Å². The summed E-state index contributed by atoms with van der Waals surface area (Å²) in [6.45, 7) is 3.59. The average molecular weight is 379 g/mol. The molecule has 2 aromatic rings. The van der Waals surface area contributed by atoms with Gasteiger partial charge in [-0.25, -0.2) is 4.79 Å². The van der Waals surface area contributed by atoms with E-state index in [4.69, 9.17) is 0 Å². The number of carbonyl (C=O) groups is 1. The van der Waals surface area contributed by atoms with E-state index in [-0.39, 0.29) is 12.1 Å². The normalized spacial score (nSPS) is 19.9. The summed E-state index contributed by atoms with van der Waals surface area (Å²) in [5.41, 5.74) is 2.14. The molecule has 2 heterocycles. The van der Waals surface area contributed by atoms with Crippen molar-refractivity contribution in [1.29, 1.82) is 0 Å². The van der Waals surface area contributed by atoms with Gasteiger partial charge >= 0.3 is 6.03 Å². The predicted molar refractivity (Wildman–Crippen MR) is 111 cm³/mol. The average Bonchev–Trinajstić information content (AvgIpc) is 2.79. The van der Waals surface area contributed by atoms with E-state index in [0.29, 0.717) is 0 Å². The molecule has 5 nitrogen and oxygen atoms in total. The highest BCUT2D eigenvalue weighted by Crippen LogP contribution is 2.24. The van der Waals surface area contributed by atoms with Gasteiger partial charge in [0, 0.05) is 44.6 Å². The lowest BCUT2D eigenvalue weighted by Gasteiger charge is -2.41. The van der Waals surface area contributed by atoms with Gasteiger partial charge in [-0.15, -0.1) is 0 Å². The first-order valence-electron chi connectivity index (χ1n) is 10.6. The zero-order valence-corrected chi connectivity index (χ0v) is 16.5. The van der Waals surface area contributed by atoms with Crippen LogP contribution in [-0.2, 0) is 0 Å². The third-order valence-corrected chi connectivity index (χ3v) is 6.13. The molecule has 1 aromatic carbocycles. The molecule has 2 aliphatic rings. The molecule has 0 spiro atoms. The number of hydrogen-bond donors (Lipinski definition) is 1.